The molecule has 0 saturated heterocycles. The Morgan fingerprint density at radius 3 is 1.62 bits per heavy atom. The Morgan fingerprint density at radius 2 is 1.12 bits per heavy atom. The predicted molar refractivity (Wildman–Crippen MR) is 208 cm³/mol. The Morgan fingerprint density at radius 1 is 0.640 bits per heavy atom. The fraction of sp³-hybridized carbons (Fsp3) is 0.732. The van der Waals surface area contributed by atoms with Gasteiger partial charge in [0.15, 0.2) is 0 Å². The van der Waals surface area contributed by atoms with Gasteiger partial charge in [0.25, 0.3) is 7.82 Å². The maximum Gasteiger partial charge on any atom is 0.306 e. The quantitative estimate of drug-likeness (QED) is 0.0211. The Bertz CT molecular complexity index is 984. The molecule has 0 heterocycles. The van der Waals surface area contributed by atoms with Crippen LogP contribution in [0.15, 0.2) is 60.8 Å². The number of phosphoric ester groups is 1. The first-order valence-electron chi connectivity index (χ1n) is 19.5. The number of quaternary nitrogens is 1. The largest absolute Gasteiger partial charge is 0.756 e. The average molecular weight is 724 g/mol. The molecule has 0 N–H and O–H groups in total. The minimum absolute atomic E-state index is 0.0113. The van der Waals surface area contributed by atoms with Crippen molar-refractivity contribution in [1.29, 1.82) is 0 Å². The summed E-state index contributed by atoms with van der Waals surface area (Å²) in [7, 11) is 1.30. The molecule has 0 bridgehead atoms. The molecule has 2 atom stereocenters. The highest BCUT2D eigenvalue weighted by atomic mass is 31.2. The third-order valence-electron chi connectivity index (χ3n) is 7.85. The molecule has 0 aromatic heterocycles. The second kappa shape index (κ2) is 34.3. The summed E-state index contributed by atoms with van der Waals surface area (Å²) < 4.78 is 34.3. The summed E-state index contributed by atoms with van der Waals surface area (Å²) in [5, 5.41) is 0. The normalized spacial score (nSPS) is 14.6. The molecule has 0 rings (SSSR count). The molecule has 0 aromatic carbocycles. The van der Waals surface area contributed by atoms with Crippen molar-refractivity contribution in [3.8, 4) is 0 Å². The summed E-state index contributed by atoms with van der Waals surface area (Å²) in [6.07, 6.45) is 41.1. The van der Waals surface area contributed by atoms with Crippen molar-refractivity contribution in [3.05, 3.63) is 60.8 Å². The fourth-order valence-corrected chi connectivity index (χ4v) is 5.57. The standard InChI is InChI=1S/C41H74NO7P/c1-6-8-10-12-14-16-18-20-21-22-23-25-27-29-31-33-36-46-38-40(39-48-50(44,45)47-37-35-42(3,4)5)49-41(43)34-32-30-28-26-24-19-17-15-13-11-9-7-2/h8,10,14,16,20-21,23,25,29,31,40H,6-7,9,11-13,15,17-19,22,24,26-28,30,32-39H2,1-5H3/b10-8-,16-14-,21-20-,25-23-,31-29-. The van der Waals surface area contributed by atoms with Gasteiger partial charge in [-0.15, -0.1) is 0 Å². The Hall–Kier alpha value is -1.80. The summed E-state index contributed by atoms with van der Waals surface area (Å²) in [6, 6.07) is 0. The zero-order valence-corrected chi connectivity index (χ0v) is 33.5. The van der Waals surface area contributed by atoms with Crippen LogP contribution in [0.1, 0.15) is 136 Å². The van der Waals surface area contributed by atoms with Gasteiger partial charge in [-0.25, -0.2) is 0 Å². The molecular weight excluding hydrogens is 649 g/mol. The molecule has 8 nitrogen and oxygen atoms in total. The molecule has 0 aliphatic rings. The molecule has 0 radical (unpaired) electrons. The van der Waals surface area contributed by atoms with Crippen LogP contribution in [0, 0.1) is 0 Å². The van der Waals surface area contributed by atoms with Crippen molar-refractivity contribution >= 4 is 13.8 Å². The van der Waals surface area contributed by atoms with Gasteiger partial charge in [-0.3, -0.25) is 9.36 Å². The second-order valence-electron chi connectivity index (χ2n) is 13.9. The van der Waals surface area contributed by atoms with Crippen molar-refractivity contribution < 1.29 is 37.3 Å². The van der Waals surface area contributed by atoms with Gasteiger partial charge in [0, 0.05) is 6.42 Å². The van der Waals surface area contributed by atoms with E-state index < -0.39 is 13.9 Å². The maximum absolute atomic E-state index is 12.6. The zero-order chi connectivity index (χ0) is 37.0. The van der Waals surface area contributed by atoms with Crippen LogP contribution in [-0.2, 0) is 27.9 Å². The first kappa shape index (κ1) is 48.2. The van der Waals surface area contributed by atoms with Crippen LogP contribution in [0.4, 0.5) is 0 Å². The van der Waals surface area contributed by atoms with Crippen LogP contribution in [-0.4, -0.2) is 70.7 Å². The van der Waals surface area contributed by atoms with Crippen LogP contribution in [0.5, 0.6) is 0 Å². The van der Waals surface area contributed by atoms with Crippen molar-refractivity contribution in [2.24, 2.45) is 0 Å². The number of hydrogen-bond acceptors (Lipinski definition) is 7. The fourth-order valence-electron chi connectivity index (χ4n) is 4.84. The molecular formula is C41H74NO7P. The van der Waals surface area contributed by atoms with Crippen LogP contribution in [0.3, 0.4) is 0 Å². The van der Waals surface area contributed by atoms with Crippen molar-refractivity contribution in [2.75, 3.05) is 54.1 Å². The van der Waals surface area contributed by atoms with Gasteiger partial charge in [0.1, 0.15) is 19.3 Å². The molecule has 0 spiro atoms. The first-order valence-corrected chi connectivity index (χ1v) is 21.0. The smallest absolute Gasteiger partial charge is 0.306 e. The lowest BCUT2D eigenvalue weighted by Gasteiger charge is -2.28. The minimum atomic E-state index is -4.54. The predicted octanol–water partition coefficient (Wildman–Crippen LogP) is 10.4. The van der Waals surface area contributed by atoms with Crippen molar-refractivity contribution in [1.82, 2.24) is 0 Å². The van der Waals surface area contributed by atoms with Gasteiger partial charge in [-0.2, -0.15) is 0 Å². The van der Waals surface area contributed by atoms with Crippen LogP contribution in [0.25, 0.3) is 0 Å². The summed E-state index contributed by atoms with van der Waals surface area (Å²) in [5.41, 5.74) is 0. The topological polar surface area (TPSA) is 94.1 Å². The van der Waals surface area contributed by atoms with Crippen LogP contribution in [0.2, 0.25) is 0 Å². The number of nitrogens with zero attached hydrogens (tertiary/aromatic N) is 1. The number of carbonyl (C=O) groups is 1. The lowest BCUT2D eigenvalue weighted by Crippen LogP contribution is -2.37. The van der Waals surface area contributed by atoms with E-state index in [4.69, 9.17) is 18.5 Å². The summed E-state index contributed by atoms with van der Waals surface area (Å²) in [4.78, 5) is 24.9. The zero-order valence-electron chi connectivity index (χ0n) is 32.6. The summed E-state index contributed by atoms with van der Waals surface area (Å²) >= 11 is 0. The van der Waals surface area contributed by atoms with E-state index in [2.05, 4.69) is 74.6 Å². The third kappa shape index (κ3) is 37.5. The molecule has 290 valence electrons. The molecule has 0 saturated carbocycles. The van der Waals surface area contributed by atoms with Crippen LogP contribution >= 0.6 is 7.82 Å². The molecule has 50 heavy (non-hydrogen) atoms. The number of esters is 1. The van der Waals surface area contributed by atoms with Crippen LogP contribution < -0.4 is 4.89 Å². The van der Waals surface area contributed by atoms with E-state index >= 15 is 0 Å². The van der Waals surface area contributed by atoms with E-state index in [0.29, 0.717) is 30.5 Å². The van der Waals surface area contributed by atoms with E-state index in [9.17, 15) is 14.3 Å². The highest BCUT2D eigenvalue weighted by Gasteiger charge is 2.20. The summed E-state index contributed by atoms with van der Waals surface area (Å²) in [5.74, 6) is -0.362. The minimum Gasteiger partial charge on any atom is -0.756 e. The number of unbranched alkanes of at least 4 members (excludes halogenated alkanes) is 11. The van der Waals surface area contributed by atoms with E-state index in [1.807, 2.05) is 21.1 Å². The summed E-state index contributed by atoms with van der Waals surface area (Å²) in [6.45, 7) is 5.04. The highest BCUT2D eigenvalue weighted by Crippen LogP contribution is 2.38. The molecule has 0 aliphatic heterocycles. The van der Waals surface area contributed by atoms with Crippen molar-refractivity contribution in [3.63, 3.8) is 0 Å². The lowest BCUT2D eigenvalue weighted by atomic mass is 10.0. The number of phosphoric acid groups is 1. The number of likely N-dealkylation sites (N-methyl/N-ethyl adjacent to an activating group) is 1. The SMILES string of the molecule is CC/C=C\C/C=C\C/C=C\C/C=C\C/C=C\CCOCC(COP(=O)([O-])OCC[N+](C)(C)C)OC(=O)CCCCCCCCCCCCCC. The average Bonchev–Trinajstić information content (AvgIpc) is 3.06. The number of ether oxygens (including phenoxy) is 2. The highest BCUT2D eigenvalue weighted by molar-refractivity contribution is 7.45. The van der Waals surface area contributed by atoms with Crippen molar-refractivity contribution in [2.45, 2.75) is 142 Å². The van der Waals surface area contributed by atoms with Gasteiger partial charge < -0.3 is 27.9 Å². The molecule has 0 aliphatic carbocycles. The van der Waals surface area contributed by atoms with E-state index in [-0.39, 0.29) is 25.8 Å². The first-order chi connectivity index (χ1) is 24.1. The van der Waals surface area contributed by atoms with E-state index in [1.165, 1.54) is 57.8 Å². The number of rotatable bonds is 35. The second-order valence-corrected chi connectivity index (χ2v) is 15.3. The van der Waals surface area contributed by atoms with Gasteiger partial charge >= 0.3 is 5.97 Å². The maximum atomic E-state index is 12.6. The van der Waals surface area contributed by atoms with E-state index in [1.54, 1.807) is 0 Å². The Labute approximate surface area is 307 Å². The van der Waals surface area contributed by atoms with Gasteiger partial charge in [0.2, 0.25) is 0 Å². The third-order valence-corrected chi connectivity index (χ3v) is 8.82. The number of carbonyl (C=O) groups excluding carboxylic acids is 1. The number of hydrogen-bond donors (Lipinski definition) is 0. The molecule has 0 fully saturated rings. The monoisotopic (exact) mass is 724 g/mol. The molecule has 0 aromatic rings. The Kier molecular flexibility index (Phi) is 33.1. The van der Waals surface area contributed by atoms with Gasteiger partial charge in [-0.05, 0) is 44.9 Å². The van der Waals surface area contributed by atoms with E-state index in [0.717, 1.165) is 51.4 Å². The molecule has 0 amide bonds. The molecule has 2 unspecified atom stereocenters. The van der Waals surface area contributed by atoms with Gasteiger partial charge in [-0.1, -0.05) is 145 Å². The lowest BCUT2D eigenvalue weighted by molar-refractivity contribution is -0.870. The number of allylic oxidation sites excluding steroid dienone is 9. The van der Waals surface area contributed by atoms with Gasteiger partial charge in [0.05, 0.1) is 41.0 Å². The Balaban J connectivity index is 4.43. The molecule has 9 heteroatoms.